The van der Waals surface area contributed by atoms with E-state index in [-0.39, 0.29) is 10.7 Å². The van der Waals surface area contributed by atoms with Crippen molar-refractivity contribution in [3.8, 4) is 0 Å². The number of benzene rings is 1. The van der Waals surface area contributed by atoms with Crippen LogP contribution in [0, 0.1) is 0 Å². The molecule has 1 atom stereocenters. The van der Waals surface area contributed by atoms with Gasteiger partial charge in [-0.15, -0.1) is 0 Å². The first-order chi connectivity index (χ1) is 13.3. The zero-order valence-electron chi connectivity index (χ0n) is 15.4. The molecule has 1 unspecified atom stereocenters. The molecule has 0 saturated carbocycles. The summed E-state index contributed by atoms with van der Waals surface area (Å²) in [6.07, 6.45) is -0.689. The van der Waals surface area contributed by atoms with Crippen LogP contribution in [0.15, 0.2) is 24.5 Å². The minimum Gasteiger partial charge on any atom is -0.327 e. The molecule has 9 heteroatoms. The Kier molecular flexibility index (Phi) is 5.20. The number of rotatable bonds is 5. The first-order valence-electron chi connectivity index (χ1n) is 9.22. The Hall–Kier alpha value is -1.90. The fourth-order valence-electron chi connectivity index (χ4n) is 4.00. The van der Waals surface area contributed by atoms with Crippen LogP contribution in [0.25, 0.3) is 21.9 Å². The summed E-state index contributed by atoms with van der Waals surface area (Å²) in [6, 6.07) is 5.97. The van der Waals surface area contributed by atoms with E-state index < -0.39 is 12.7 Å². The minimum atomic E-state index is -4.37. The van der Waals surface area contributed by atoms with Gasteiger partial charge in [-0.1, -0.05) is 17.7 Å². The third-order valence-electron chi connectivity index (χ3n) is 5.37. The highest BCUT2D eigenvalue weighted by molar-refractivity contribution is 6.34. The van der Waals surface area contributed by atoms with Crippen molar-refractivity contribution in [2.24, 2.45) is 0 Å². The number of likely N-dealkylation sites (N-methyl/N-ethyl adjacent to an activating group) is 1. The van der Waals surface area contributed by atoms with Gasteiger partial charge in [0, 0.05) is 24.5 Å². The van der Waals surface area contributed by atoms with Crippen molar-refractivity contribution in [3.63, 3.8) is 0 Å². The maximum atomic E-state index is 13.1. The van der Waals surface area contributed by atoms with Gasteiger partial charge in [-0.25, -0.2) is 9.97 Å². The van der Waals surface area contributed by atoms with Gasteiger partial charge in [0.1, 0.15) is 23.9 Å². The molecule has 0 spiro atoms. The van der Waals surface area contributed by atoms with Crippen LogP contribution in [-0.2, 0) is 13.1 Å². The van der Waals surface area contributed by atoms with Gasteiger partial charge in [0.15, 0.2) is 5.15 Å². The lowest BCUT2D eigenvalue weighted by Gasteiger charge is -2.19. The van der Waals surface area contributed by atoms with Crippen LogP contribution in [0.3, 0.4) is 0 Å². The Morgan fingerprint density at radius 1 is 1.29 bits per heavy atom. The molecule has 150 valence electrons. The zero-order valence-corrected chi connectivity index (χ0v) is 16.2. The molecular formula is C19H21ClF3N5. The fraction of sp³-hybridized carbons (Fsp3) is 0.474. The van der Waals surface area contributed by atoms with Crippen molar-refractivity contribution in [1.82, 2.24) is 24.8 Å². The van der Waals surface area contributed by atoms with E-state index in [1.807, 2.05) is 12.1 Å². The average Bonchev–Trinajstić information content (AvgIpc) is 3.17. The van der Waals surface area contributed by atoms with E-state index in [1.54, 1.807) is 6.07 Å². The molecule has 0 bridgehead atoms. The van der Waals surface area contributed by atoms with E-state index >= 15 is 0 Å². The van der Waals surface area contributed by atoms with E-state index in [0.717, 1.165) is 23.2 Å². The molecule has 4 rings (SSSR count). The van der Waals surface area contributed by atoms with Crippen molar-refractivity contribution < 1.29 is 13.2 Å². The van der Waals surface area contributed by atoms with E-state index in [4.69, 9.17) is 11.6 Å². The van der Waals surface area contributed by atoms with Gasteiger partial charge in [0.2, 0.25) is 0 Å². The molecule has 2 aromatic heterocycles. The molecule has 3 heterocycles. The predicted octanol–water partition coefficient (Wildman–Crippen LogP) is 3.98. The zero-order chi connectivity index (χ0) is 19.9. The van der Waals surface area contributed by atoms with E-state index in [0.29, 0.717) is 29.0 Å². The summed E-state index contributed by atoms with van der Waals surface area (Å²) >= 11 is 6.12. The number of fused-ring (bicyclic) bond motifs is 3. The van der Waals surface area contributed by atoms with Gasteiger partial charge in [-0.3, -0.25) is 0 Å². The topological polar surface area (TPSA) is 46.0 Å². The van der Waals surface area contributed by atoms with Crippen molar-refractivity contribution in [2.45, 2.75) is 38.1 Å². The molecule has 1 N–H and O–H groups in total. The Labute approximate surface area is 165 Å². The van der Waals surface area contributed by atoms with Gasteiger partial charge >= 0.3 is 6.18 Å². The van der Waals surface area contributed by atoms with Crippen LogP contribution in [-0.4, -0.2) is 51.8 Å². The van der Waals surface area contributed by atoms with Crippen molar-refractivity contribution in [1.29, 1.82) is 0 Å². The summed E-state index contributed by atoms with van der Waals surface area (Å²) in [5.41, 5.74) is 2.11. The summed E-state index contributed by atoms with van der Waals surface area (Å²) in [5, 5.41) is 4.13. The van der Waals surface area contributed by atoms with Gasteiger partial charge in [-0.05, 0) is 44.1 Å². The first-order valence-corrected chi connectivity index (χ1v) is 9.60. The van der Waals surface area contributed by atoms with Gasteiger partial charge < -0.3 is 14.8 Å². The third kappa shape index (κ3) is 3.81. The van der Waals surface area contributed by atoms with Crippen LogP contribution >= 0.6 is 11.6 Å². The Morgan fingerprint density at radius 2 is 2.11 bits per heavy atom. The number of hydrogen-bond donors (Lipinski definition) is 1. The largest absolute Gasteiger partial charge is 0.406 e. The Balaban J connectivity index is 1.65. The number of hydrogen-bond acceptors (Lipinski definition) is 4. The van der Waals surface area contributed by atoms with Crippen molar-refractivity contribution in [3.05, 3.63) is 35.2 Å². The highest BCUT2D eigenvalue weighted by Crippen LogP contribution is 2.34. The van der Waals surface area contributed by atoms with Crippen LogP contribution < -0.4 is 5.32 Å². The fourth-order valence-corrected chi connectivity index (χ4v) is 4.23. The van der Waals surface area contributed by atoms with Crippen LogP contribution in [0.1, 0.15) is 18.4 Å². The van der Waals surface area contributed by atoms with Crippen LogP contribution in [0.4, 0.5) is 13.2 Å². The van der Waals surface area contributed by atoms with Crippen LogP contribution in [0.2, 0.25) is 5.15 Å². The summed E-state index contributed by atoms with van der Waals surface area (Å²) < 4.78 is 40.5. The number of nitrogens with zero attached hydrogens (tertiary/aromatic N) is 4. The standard InChI is InChI=1S/C19H21ClF3N5/c1-27-6-2-3-13(27)9-24-8-12-4-5-15-14(7-12)16-17(18(20)26-11-25-16)28(15)10-19(21,22)23/h4-5,7,11,13,24H,2-3,6,8-10H2,1H3. The molecule has 3 aromatic rings. The number of likely N-dealkylation sites (tertiary alicyclic amines) is 1. The normalized spacial score (nSPS) is 18.5. The monoisotopic (exact) mass is 411 g/mol. The molecule has 0 radical (unpaired) electrons. The van der Waals surface area contributed by atoms with E-state index in [9.17, 15) is 13.2 Å². The van der Waals surface area contributed by atoms with Gasteiger partial charge in [0.05, 0.1) is 5.52 Å². The summed E-state index contributed by atoms with van der Waals surface area (Å²) in [4.78, 5) is 10.4. The number of aromatic nitrogens is 3. The molecule has 1 saturated heterocycles. The lowest BCUT2D eigenvalue weighted by Crippen LogP contribution is -2.35. The van der Waals surface area contributed by atoms with E-state index in [1.165, 1.54) is 19.2 Å². The summed E-state index contributed by atoms with van der Waals surface area (Å²) in [5.74, 6) is 0. The quantitative estimate of drug-likeness (QED) is 0.645. The van der Waals surface area contributed by atoms with Crippen LogP contribution in [0.5, 0.6) is 0 Å². The minimum absolute atomic E-state index is 0.0226. The maximum absolute atomic E-state index is 13.1. The average molecular weight is 412 g/mol. The smallest absolute Gasteiger partial charge is 0.327 e. The molecule has 0 aliphatic carbocycles. The second-order valence-corrected chi connectivity index (χ2v) is 7.68. The van der Waals surface area contributed by atoms with Crippen molar-refractivity contribution in [2.75, 3.05) is 20.1 Å². The molecule has 1 aliphatic heterocycles. The lowest BCUT2D eigenvalue weighted by molar-refractivity contribution is -0.139. The maximum Gasteiger partial charge on any atom is 0.406 e. The molecule has 1 aromatic carbocycles. The summed E-state index contributed by atoms with van der Waals surface area (Å²) in [7, 11) is 2.13. The Bertz CT molecular complexity index is 1000. The third-order valence-corrected chi connectivity index (χ3v) is 5.65. The Morgan fingerprint density at radius 3 is 2.82 bits per heavy atom. The summed E-state index contributed by atoms with van der Waals surface area (Å²) in [6.45, 7) is 1.52. The molecular weight excluding hydrogens is 391 g/mol. The van der Waals surface area contributed by atoms with Gasteiger partial charge in [-0.2, -0.15) is 13.2 Å². The SMILES string of the molecule is CN1CCCC1CNCc1ccc2c(c1)c1ncnc(Cl)c1n2CC(F)(F)F. The first kappa shape index (κ1) is 19.4. The number of nitrogens with one attached hydrogen (secondary N) is 1. The molecule has 1 fully saturated rings. The second kappa shape index (κ2) is 7.50. The predicted molar refractivity (Wildman–Crippen MR) is 103 cm³/mol. The second-order valence-electron chi connectivity index (χ2n) is 7.32. The highest BCUT2D eigenvalue weighted by Gasteiger charge is 2.30. The molecule has 1 aliphatic rings. The molecule has 0 amide bonds. The van der Waals surface area contributed by atoms with Gasteiger partial charge in [0.25, 0.3) is 0 Å². The van der Waals surface area contributed by atoms with E-state index in [2.05, 4.69) is 27.2 Å². The van der Waals surface area contributed by atoms with Crippen molar-refractivity contribution >= 4 is 33.5 Å². The number of alkyl halides is 3. The molecule has 28 heavy (non-hydrogen) atoms. The lowest BCUT2D eigenvalue weighted by atomic mass is 10.1. The molecule has 5 nitrogen and oxygen atoms in total. The highest BCUT2D eigenvalue weighted by atomic mass is 35.5. The number of halogens is 4.